The van der Waals surface area contributed by atoms with Crippen LogP contribution in [0.1, 0.15) is 18.4 Å². The van der Waals surface area contributed by atoms with Crippen molar-refractivity contribution < 1.29 is 4.42 Å². The van der Waals surface area contributed by atoms with Crippen molar-refractivity contribution in [2.45, 2.75) is 19.4 Å². The summed E-state index contributed by atoms with van der Waals surface area (Å²) in [5.41, 5.74) is 1.93. The van der Waals surface area contributed by atoms with Gasteiger partial charge in [-0.1, -0.05) is 30.3 Å². The summed E-state index contributed by atoms with van der Waals surface area (Å²) < 4.78 is 5.41. The highest BCUT2D eigenvalue weighted by Gasteiger charge is 2.18. The lowest BCUT2D eigenvalue weighted by Gasteiger charge is -2.17. The number of H-pyrrole nitrogens is 1. The van der Waals surface area contributed by atoms with Crippen molar-refractivity contribution in [1.29, 1.82) is 0 Å². The summed E-state index contributed by atoms with van der Waals surface area (Å²) in [5.74, 6) is 2.96. The lowest BCUT2D eigenvalue weighted by atomic mass is 10.2. The van der Waals surface area contributed by atoms with E-state index in [1.807, 2.05) is 36.4 Å². The van der Waals surface area contributed by atoms with Gasteiger partial charge in [0.1, 0.15) is 5.69 Å². The van der Waals surface area contributed by atoms with Gasteiger partial charge in [0.05, 0.1) is 6.26 Å². The zero-order chi connectivity index (χ0) is 20.2. The van der Waals surface area contributed by atoms with Gasteiger partial charge in [0.25, 0.3) is 0 Å². The fraction of sp³-hybridized carbons (Fsp3) is 0.238. The van der Waals surface area contributed by atoms with Gasteiger partial charge in [-0.2, -0.15) is 20.1 Å². The number of aromatic amines is 1. The van der Waals surface area contributed by atoms with Gasteiger partial charge in [0, 0.05) is 25.7 Å². The predicted octanol–water partition coefficient (Wildman–Crippen LogP) is 3.81. The molecule has 3 aromatic heterocycles. The predicted molar refractivity (Wildman–Crippen MR) is 115 cm³/mol. The average molecular weight is 402 g/mol. The SMILES string of the molecule is c1ccc(CNc2nc(Nc3cc(-c4ccco4)[nH]n3)nc(N3CCCC3)n2)cc1. The summed E-state index contributed by atoms with van der Waals surface area (Å²) in [6.45, 7) is 2.54. The van der Waals surface area contributed by atoms with Crippen LogP contribution in [-0.2, 0) is 6.54 Å². The molecule has 1 aliphatic rings. The molecule has 152 valence electrons. The molecule has 4 heterocycles. The zero-order valence-corrected chi connectivity index (χ0v) is 16.4. The highest BCUT2D eigenvalue weighted by Crippen LogP contribution is 2.23. The van der Waals surface area contributed by atoms with E-state index in [2.05, 4.69) is 52.8 Å². The van der Waals surface area contributed by atoms with Gasteiger partial charge in [-0.3, -0.25) is 5.10 Å². The molecule has 9 heteroatoms. The molecule has 1 aromatic carbocycles. The van der Waals surface area contributed by atoms with E-state index in [9.17, 15) is 0 Å². The summed E-state index contributed by atoms with van der Waals surface area (Å²) in [5, 5.41) is 13.7. The Kier molecular flexibility index (Phi) is 4.99. The van der Waals surface area contributed by atoms with Crippen LogP contribution in [0.25, 0.3) is 11.5 Å². The molecule has 0 unspecified atom stereocenters. The Morgan fingerprint density at radius 3 is 2.60 bits per heavy atom. The molecule has 0 aliphatic carbocycles. The maximum atomic E-state index is 5.41. The average Bonchev–Trinajstić information content (AvgIpc) is 3.55. The molecule has 0 bridgehead atoms. The first-order chi connectivity index (χ1) is 14.8. The zero-order valence-electron chi connectivity index (χ0n) is 16.4. The second-order valence-corrected chi connectivity index (χ2v) is 7.09. The summed E-state index contributed by atoms with van der Waals surface area (Å²) in [7, 11) is 0. The summed E-state index contributed by atoms with van der Waals surface area (Å²) in [6.07, 6.45) is 3.92. The molecule has 0 amide bonds. The van der Waals surface area contributed by atoms with Crippen molar-refractivity contribution in [3.8, 4) is 11.5 Å². The highest BCUT2D eigenvalue weighted by molar-refractivity contribution is 5.60. The van der Waals surface area contributed by atoms with Crippen LogP contribution in [-0.4, -0.2) is 38.2 Å². The molecule has 1 fully saturated rings. The van der Waals surface area contributed by atoms with E-state index >= 15 is 0 Å². The van der Waals surface area contributed by atoms with E-state index < -0.39 is 0 Å². The fourth-order valence-corrected chi connectivity index (χ4v) is 3.39. The lowest BCUT2D eigenvalue weighted by molar-refractivity contribution is 0.580. The maximum Gasteiger partial charge on any atom is 0.235 e. The number of nitrogens with zero attached hydrogens (tertiary/aromatic N) is 5. The van der Waals surface area contributed by atoms with Crippen LogP contribution in [0.5, 0.6) is 0 Å². The number of nitrogens with one attached hydrogen (secondary N) is 3. The maximum absolute atomic E-state index is 5.41. The minimum Gasteiger partial charge on any atom is -0.463 e. The molecule has 30 heavy (non-hydrogen) atoms. The number of furan rings is 1. The third kappa shape index (κ3) is 4.09. The largest absolute Gasteiger partial charge is 0.463 e. The smallest absolute Gasteiger partial charge is 0.235 e. The van der Waals surface area contributed by atoms with E-state index in [0.29, 0.717) is 36.0 Å². The van der Waals surface area contributed by atoms with Gasteiger partial charge in [0.15, 0.2) is 11.6 Å². The Morgan fingerprint density at radius 1 is 0.967 bits per heavy atom. The van der Waals surface area contributed by atoms with Crippen LogP contribution in [0, 0.1) is 0 Å². The van der Waals surface area contributed by atoms with E-state index in [1.165, 1.54) is 0 Å². The minimum atomic E-state index is 0.444. The van der Waals surface area contributed by atoms with Crippen LogP contribution in [0.2, 0.25) is 0 Å². The molecule has 0 spiro atoms. The molecule has 9 nitrogen and oxygen atoms in total. The third-order valence-corrected chi connectivity index (χ3v) is 4.91. The van der Waals surface area contributed by atoms with Crippen LogP contribution in [0.3, 0.4) is 0 Å². The summed E-state index contributed by atoms with van der Waals surface area (Å²) in [4.78, 5) is 16.0. The van der Waals surface area contributed by atoms with E-state index in [-0.39, 0.29) is 0 Å². The van der Waals surface area contributed by atoms with E-state index in [0.717, 1.165) is 37.2 Å². The number of benzene rings is 1. The molecule has 4 aromatic rings. The first kappa shape index (κ1) is 18.2. The van der Waals surface area contributed by atoms with Gasteiger partial charge in [0.2, 0.25) is 17.8 Å². The molecule has 0 atom stereocenters. The molecular weight excluding hydrogens is 380 g/mol. The van der Waals surface area contributed by atoms with Crippen LogP contribution in [0.15, 0.2) is 59.2 Å². The van der Waals surface area contributed by atoms with E-state index in [1.54, 1.807) is 6.26 Å². The van der Waals surface area contributed by atoms with Gasteiger partial charge in [-0.15, -0.1) is 0 Å². The molecule has 3 N–H and O–H groups in total. The topological polar surface area (TPSA) is 108 Å². The van der Waals surface area contributed by atoms with Crippen molar-refractivity contribution in [3.05, 3.63) is 60.4 Å². The van der Waals surface area contributed by atoms with Crippen molar-refractivity contribution in [1.82, 2.24) is 25.1 Å². The van der Waals surface area contributed by atoms with Gasteiger partial charge >= 0.3 is 0 Å². The number of hydrogen-bond donors (Lipinski definition) is 3. The van der Waals surface area contributed by atoms with Gasteiger partial charge < -0.3 is 20.0 Å². The normalized spacial score (nSPS) is 13.5. The highest BCUT2D eigenvalue weighted by atomic mass is 16.3. The molecule has 1 saturated heterocycles. The standard InChI is InChI=1S/C21H22N8O/c1-2-7-15(8-3-1)14-22-19-24-20(26-21(25-19)29-10-4-5-11-29)23-18-13-16(27-28-18)17-9-6-12-30-17/h1-3,6-9,12-13H,4-5,10-11,14H2,(H3,22,23,24,25,26,27,28). The fourth-order valence-electron chi connectivity index (χ4n) is 3.39. The first-order valence-corrected chi connectivity index (χ1v) is 9.99. The lowest BCUT2D eigenvalue weighted by Crippen LogP contribution is -2.22. The van der Waals surface area contributed by atoms with Crippen LogP contribution >= 0.6 is 0 Å². The van der Waals surface area contributed by atoms with Crippen LogP contribution < -0.4 is 15.5 Å². The Bertz CT molecular complexity index is 1090. The molecular formula is C21H22N8O. The monoisotopic (exact) mass is 402 g/mol. The minimum absolute atomic E-state index is 0.444. The second kappa shape index (κ2) is 8.24. The summed E-state index contributed by atoms with van der Waals surface area (Å²) in [6, 6.07) is 15.7. The van der Waals surface area contributed by atoms with Crippen molar-refractivity contribution >= 4 is 23.7 Å². The van der Waals surface area contributed by atoms with Crippen LogP contribution in [0.4, 0.5) is 23.7 Å². The molecule has 0 saturated carbocycles. The summed E-state index contributed by atoms with van der Waals surface area (Å²) >= 11 is 0. The Balaban J connectivity index is 1.38. The van der Waals surface area contributed by atoms with Crippen molar-refractivity contribution in [3.63, 3.8) is 0 Å². The van der Waals surface area contributed by atoms with Crippen molar-refractivity contribution in [2.24, 2.45) is 0 Å². The quantitative estimate of drug-likeness (QED) is 0.428. The van der Waals surface area contributed by atoms with Gasteiger partial charge in [-0.25, -0.2) is 0 Å². The Morgan fingerprint density at radius 2 is 1.80 bits per heavy atom. The van der Waals surface area contributed by atoms with E-state index in [4.69, 9.17) is 4.42 Å². The number of aromatic nitrogens is 5. The second-order valence-electron chi connectivity index (χ2n) is 7.09. The van der Waals surface area contributed by atoms with Crippen molar-refractivity contribution in [2.75, 3.05) is 28.6 Å². The molecule has 5 rings (SSSR count). The number of anilines is 4. The Hall–Kier alpha value is -3.88. The number of hydrogen-bond acceptors (Lipinski definition) is 8. The third-order valence-electron chi connectivity index (χ3n) is 4.91. The molecule has 1 aliphatic heterocycles. The Labute approximate surface area is 173 Å². The first-order valence-electron chi connectivity index (χ1n) is 9.99. The number of rotatable bonds is 7. The van der Waals surface area contributed by atoms with Gasteiger partial charge in [-0.05, 0) is 30.5 Å². The molecule has 0 radical (unpaired) electrons.